The molecule has 1 aliphatic heterocycles. The molecule has 1 N–H and O–H groups in total. The van der Waals surface area contributed by atoms with Crippen LogP contribution >= 0.6 is 0 Å². The summed E-state index contributed by atoms with van der Waals surface area (Å²) < 4.78 is 21.3. The van der Waals surface area contributed by atoms with Crippen LogP contribution in [0.25, 0.3) is 0 Å². The first-order chi connectivity index (χ1) is 9.47. The summed E-state index contributed by atoms with van der Waals surface area (Å²) in [6.07, 6.45) is -0.686. The Balaban J connectivity index is 2.23. The van der Waals surface area contributed by atoms with E-state index in [0.717, 1.165) is 0 Å². The fourth-order valence-electron chi connectivity index (χ4n) is 1.85. The van der Waals surface area contributed by atoms with Gasteiger partial charge in [0.15, 0.2) is 0 Å². The molecule has 1 heterocycles. The molecule has 1 aliphatic rings. The van der Waals surface area contributed by atoms with E-state index in [9.17, 15) is 19.1 Å². The van der Waals surface area contributed by atoms with Crippen molar-refractivity contribution in [2.75, 3.05) is 6.61 Å². The molecule has 0 aromatic heterocycles. The highest BCUT2D eigenvalue weighted by Crippen LogP contribution is 2.28. The molecule has 1 aromatic carbocycles. The molecule has 1 fully saturated rings. The zero-order valence-corrected chi connectivity index (χ0v) is 11.3. The Morgan fingerprint density at radius 3 is 2.65 bits per heavy atom. The van der Waals surface area contributed by atoms with Crippen LogP contribution in [0.5, 0.6) is 0 Å². The van der Waals surface area contributed by atoms with Crippen molar-refractivity contribution in [2.45, 2.75) is 19.1 Å². The summed E-state index contributed by atoms with van der Waals surface area (Å²) in [6, 6.07) is 5.14. The van der Waals surface area contributed by atoms with Gasteiger partial charge in [0.2, 0.25) is 5.91 Å². The van der Waals surface area contributed by atoms with Gasteiger partial charge in [0.25, 0.3) is 5.69 Å². The van der Waals surface area contributed by atoms with E-state index in [0.29, 0.717) is 5.56 Å². The van der Waals surface area contributed by atoms with Gasteiger partial charge in [-0.3, -0.25) is 23.3 Å². The molecule has 20 heavy (non-hydrogen) atoms. The zero-order chi connectivity index (χ0) is 14.7. The maximum atomic E-state index is 11.3. The molecule has 0 unspecified atom stereocenters. The van der Waals surface area contributed by atoms with Crippen LogP contribution in [-0.2, 0) is 24.5 Å². The van der Waals surface area contributed by atoms with Gasteiger partial charge in [0.05, 0.1) is 17.6 Å². The summed E-state index contributed by atoms with van der Waals surface area (Å²) in [7, 11) is 0. The Morgan fingerprint density at radius 1 is 1.45 bits per heavy atom. The number of rotatable bonds is 3. The van der Waals surface area contributed by atoms with Crippen molar-refractivity contribution in [3.63, 3.8) is 0 Å². The lowest BCUT2D eigenvalue weighted by atomic mass is 10.0. The van der Waals surface area contributed by atoms with Crippen LogP contribution in [0.1, 0.15) is 18.6 Å². The van der Waals surface area contributed by atoms with Crippen LogP contribution in [0.4, 0.5) is 5.69 Å². The van der Waals surface area contributed by atoms with Gasteiger partial charge >= 0.3 is 11.4 Å². The van der Waals surface area contributed by atoms with E-state index in [1.165, 1.54) is 31.2 Å². The van der Waals surface area contributed by atoms with E-state index < -0.39 is 28.4 Å². The van der Waals surface area contributed by atoms with Crippen LogP contribution in [0.15, 0.2) is 24.3 Å². The van der Waals surface area contributed by atoms with Crippen molar-refractivity contribution in [3.05, 3.63) is 39.9 Å². The van der Waals surface area contributed by atoms with Gasteiger partial charge in [0, 0.05) is 19.1 Å². The molecule has 9 heteroatoms. The van der Waals surface area contributed by atoms with Gasteiger partial charge < -0.3 is 5.32 Å². The van der Waals surface area contributed by atoms with E-state index in [1.54, 1.807) is 0 Å². The Bertz CT molecular complexity index is 546. The molecule has 0 bridgehead atoms. The van der Waals surface area contributed by atoms with Gasteiger partial charge in [-0.15, -0.1) is 0 Å². The largest absolute Gasteiger partial charge is 0.348 e. The van der Waals surface area contributed by atoms with Crippen molar-refractivity contribution in [1.82, 2.24) is 5.32 Å². The molecule has 0 saturated carbocycles. The van der Waals surface area contributed by atoms with Gasteiger partial charge in [-0.1, -0.05) is 0 Å². The fraction of sp³-hybridized carbons (Fsp3) is 0.364. The highest BCUT2D eigenvalue weighted by Gasteiger charge is 2.33. The van der Waals surface area contributed by atoms with E-state index in [-0.39, 0.29) is 18.2 Å². The second-order valence-electron chi connectivity index (χ2n) is 4.16. The molecule has 3 atom stereocenters. The lowest BCUT2D eigenvalue weighted by Crippen LogP contribution is -2.45. The molecule has 0 radical (unpaired) electrons. The third-order valence-electron chi connectivity index (χ3n) is 2.71. The number of non-ortho nitro benzene ring substituents is 1. The molecule has 2 rings (SSSR count). The minimum atomic E-state index is -1.91. The van der Waals surface area contributed by atoms with Crippen LogP contribution in [0.3, 0.4) is 0 Å². The van der Waals surface area contributed by atoms with Crippen molar-refractivity contribution in [3.8, 4) is 0 Å². The highest BCUT2D eigenvalue weighted by molar-refractivity contribution is 7.75. The van der Waals surface area contributed by atoms with Gasteiger partial charge in [-0.05, 0) is 17.7 Å². The van der Waals surface area contributed by atoms with E-state index >= 15 is 0 Å². The number of carbonyl (C=O) groups excluding carboxylic acids is 1. The number of benzene rings is 1. The Hall–Kier alpha value is -1.84. The first kappa shape index (κ1) is 14.6. The SMILES string of the molecule is CC(=O)N[C@@H]1CO[S@](=O)O[C@@H]1c1ccc([N+](=O)[O-])cc1. The molecular formula is C11H12N2O6S. The number of nitrogens with one attached hydrogen (secondary N) is 1. The van der Waals surface area contributed by atoms with Crippen molar-refractivity contribution in [1.29, 1.82) is 0 Å². The maximum Gasteiger partial charge on any atom is 0.305 e. The number of nitro groups is 1. The minimum Gasteiger partial charge on any atom is -0.348 e. The van der Waals surface area contributed by atoms with E-state index in [4.69, 9.17) is 8.37 Å². The lowest BCUT2D eigenvalue weighted by molar-refractivity contribution is -0.384. The summed E-state index contributed by atoms with van der Waals surface area (Å²) in [5, 5.41) is 13.2. The molecule has 1 saturated heterocycles. The summed E-state index contributed by atoms with van der Waals surface area (Å²) in [6.45, 7) is 1.38. The number of nitro benzene ring substituents is 1. The molecule has 8 nitrogen and oxygen atoms in total. The van der Waals surface area contributed by atoms with Crippen molar-refractivity contribution in [2.24, 2.45) is 0 Å². The Labute approximate surface area is 117 Å². The average molecular weight is 300 g/mol. The standard InChI is InChI=1S/C11H12N2O6S/c1-7(14)12-10-6-18-20(17)19-11(10)8-2-4-9(5-3-8)13(15)16/h2-5,10-11H,6H2,1H3,(H,12,14)/t10-,11-,20+/m1/s1. The van der Waals surface area contributed by atoms with Crippen molar-refractivity contribution >= 4 is 23.0 Å². The predicted molar refractivity (Wildman–Crippen MR) is 68.6 cm³/mol. The van der Waals surface area contributed by atoms with Gasteiger partial charge in [-0.2, -0.15) is 4.21 Å². The molecule has 1 amide bonds. The van der Waals surface area contributed by atoms with Crippen LogP contribution in [0.2, 0.25) is 0 Å². The molecule has 0 spiro atoms. The molecule has 0 aliphatic carbocycles. The van der Waals surface area contributed by atoms with Gasteiger partial charge in [-0.25, -0.2) is 0 Å². The maximum absolute atomic E-state index is 11.3. The lowest BCUT2D eigenvalue weighted by Gasteiger charge is -2.30. The van der Waals surface area contributed by atoms with Crippen LogP contribution in [-0.4, -0.2) is 27.7 Å². The second-order valence-corrected chi connectivity index (χ2v) is 5.00. The number of nitrogens with zero attached hydrogens (tertiary/aromatic N) is 1. The zero-order valence-electron chi connectivity index (χ0n) is 10.5. The summed E-state index contributed by atoms with van der Waals surface area (Å²) in [5.41, 5.74) is 0.518. The predicted octanol–water partition coefficient (Wildman–Crippen LogP) is 0.766. The van der Waals surface area contributed by atoms with Crippen LogP contribution in [0, 0.1) is 10.1 Å². The monoisotopic (exact) mass is 300 g/mol. The number of carbonyl (C=O) groups is 1. The Kier molecular flexibility index (Phi) is 4.42. The summed E-state index contributed by atoms with van der Waals surface area (Å²) >= 11 is -1.91. The quantitative estimate of drug-likeness (QED) is 0.652. The number of hydrogen-bond acceptors (Lipinski definition) is 6. The third kappa shape index (κ3) is 3.38. The fourth-order valence-corrected chi connectivity index (χ4v) is 2.58. The first-order valence-corrected chi connectivity index (χ1v) is 6.71. The van der Waals surface area contributed by atoms with E-state index in [2.05, 4.69) is 5.32 Å². The van der Waals surface area contributed by atoms with Crippen LogP contribution < -0.4 is 5.32 Å². The number of hydrogen-bond donors (Lipinski definition) is 1. The normalized spacial score (nSPS) is 25.9. The highest BCUT2D eigenvalue weighted by atomic mass is 32.2. The molecule has 108 valence electrons. The first-order valence-electron chi connectivity index (χ1n) is 5.71. The van der Waals surface area contributed by atoms with E-state index in [1.807, 2.05) is 0 Å². The Morgan fingerprint density at radius 2 is 2.10 bits per heavy atom. The second kappa shape index (κ2) is 6.07. The molecular weight excluding hydrogens is 288 g/mol. The van der Waals surface area contributed by atoms with Crippen molar-refractivity contribution < 1.29 is 22.3 Å². The average Bonchev–Trinajstić information content (AvgIpc) is 2.40. The summed E-state index contributed by atoms with van der Waals surface area (Å²) in [4.78, 5) is 21.2. The molecule has 1 aromatic rings. The van der Waals surface area contributed by atoms with Gasteiger partial charge in [0.1, 0.15) is 6.10 Å². The topological polar surface area (TPSA) is 108 Å². The number of amides is 1. The smallest absolute Gasteiger partial charge is 0.305 e. The summed E-state index contributed by atoms with van der Waals surface area (Å²) in [5.74, 6) is -0.276. The minimum absolute atomic E-state index is 0.0356. The third-order valence-corrected chi connectivity index (χ3v) is 3.41.